The number of nitrogens with zero attached hydrogens (tertiary/aromatic N) is 2. The number of carbonyl (C=O) groups excluding carboxylic acids is 2. The van der Waals surface area contributed by atoms with Crippen LogP contribution < -0.4 is 0 Å². The average Bonchev–Trinajstić information content (AvgIpc) is 2.65. The van der Waals surface area contributed by atoms with E-state index in [-0.39, 0.29) is 11.7 Å². The van der Waals surface area contributed by atoms with Gasteiger partial charge >= 0.3 is 0 Å². The van der Waals surface area contributed by atoms with Crippen LogP contribution in [-0.4, -0.2) is 51.9 Å². The molecule has 3 aliphatic heterocycles. The van der Waals surface area contributed by atoms with Crippen molar-refractivity contribution in [3.05, 3.63) is 29.8 Å². The van der Waals surface area contributed by atoms with Crippen molar-refractivity contribution < 1.29 is 14.7 Å². The molecule has 146 valence electrons. The summed E-state index contributed by atoms with van der Waals surface area (Å²) in [7, 11) is 0. The number of hydrogen-bond acceptors (Lipinski definition) is 3. The topological polar surface area (TPSA) is 60.9 Å². The minimum absolute atomic E-state index is 0.140. The van der Waals surface area contributed by atoms with Crippen LogP contribution in [0, 0.1) is 11.8 Å². The molecule has 2 bridgehead atoms. The Bertz CT molecular complexity index is 719. The van der Waals surface area contributed by atoms with Crippen molar-refractivity contribution in [3.63, 3.8) is 0 Å². The Kier molecular flexibility index (Phi) is 5.11. The Balaban J connectivity index is 1.52. The second-order valence-electron chi connectivity index (χ2n) is 8.52. The van der Waals surface area contributed by atoms with E-state index in [0.717, 1.165) is 50.8 Å². The van der Waals surface area contributed by atoms with Gasteiger partial charge in [0.15, 0.2) is 0 Å². The van der Waals surface area contributed by atoms with Crippen molar-refractivity contribution in [2.45, 2.75) is 64.0 Å². The summed E-state index contributed by atoms with van der Waals surface area (Å²) in [6.07, 6.45) is 6.34. The van der Waals surface area contributed by atoms with E-state index in [1.54, 1.807) is 18.2 Å². The van der Waals surface area contributed by atoms with Crippen molar-refractivity contribution >= 4 is 11.8 Å². The lowest BCUT2D eigenvalue weighted by Gasteiger charge is -2.56. The first-order valence-electron chi connectivity index (χ1n) is 10.4. The number of phenols is 1. The smallest absolute Gasteiger partial charge is 0.227 e. The van der Waals surface area contributed by atoms with Crippen LogP contribution in [0.1, 0.15) is 51.0 Å². The SMILES string of the molecule is CCC[C@H]1[C@H]2C[C@H](CN(C(=O)Cc3cccc(O)c3)C2)[C@@H]2CCCC(=O)N21. The third kappa shape index (κ3) is 3.56. The molecule has 2 amide bonds. The van der Waals surface area contributed by atoms with Gasteiger partial charge in [-0.25, -0.2) is 0 Å². The fourth-order valence-electron chi connectivity index (χ4n) is 5.60. The number of amides is 2. The van der Waals surface area contributed by atoms with Crippen LogP contribution in [0.3, 0.4) is 0 Å². The number of fused-ring (bicyclic) bond motifs is 4. The summed E-state index contributed by atoms with van der Waals surface area (Å²) in [6, 6.07) is 7.58. The van der Waals surface area contributed by atoms with E-state index in [4.69, 9.17) is 0 Å². The first kappa shape index (κ1) is 18.3. The summed E-state index contributed by atoms with van der Waals surface area (Å²) in [5.74, 6) is 1.49. The maximum Gasteiger partial charge on any atom is 0.227 e. The van der Waals surface area contributed by atoms with Crippen molar-refractivity contribution in [3.8, 4) is 5.75 Å². The molecule has 0 unspecified atom stereocenters. The molecule has 3 aliphatic rings. The lowest BCUT2D eigenvalue weighted by atomic mass is 9.71. The van der Waals surface area contributed by atoms with Crippen LogP contribution in [0.25, 0.3) is 0 Å². The molecule has 1 N–H and O–H groups in total. The highest BCUT2D eigenvalue weighted by Gasteiger charge is 2.49. The minimum Gasteiger partial charge on any atom is -0.508 e. The van der Waals surface area contributed by atoms with Crippen LogP contribution in [0.15, 0.2) is 24.3 Å². The molecule has 0 radical (unpaired) electrons. The van der Waals surface area contributed by atoms with Crippen LogP contribution in [0.4, 0.5) is 0 Å². The van der Waals surface area contributed by atoms with Gasteiger partial charge in [-0.1, -0.05) is 25.5 Å². The zero-order chi connectivity index (χ0) is 19.0. The van der Waals surface area contributed by atoms with Gasteiger partial charge in [0.05, 0.1) is 6.42 Å². The Morgan fingerprint density at radius 1 is 1.26 bits per heavy atom. The number of hydrogen-bond donors (Lipinski definition) is 1. The van der Waals surface area contributed by atoms with E-state index < -0.39 is 0 Å². The first-order valence-corrected chi connectivity index (χ1v) is 10.4. The molecule has 5 heteroatoms. The molecule has 4 rings (SSSR count). The maximum atomic E-state index is 13.0. The van der Waals surface area contributed by atoms with E-state index in [1.807, 2.05) is 11.0 Å². The average molecular weight is 370 g/mol. The number of carbonyl (C=O) groups is 2. The van der Waals surface area contributed by atoms with E-state index >= 15 is 0 Å². The standard InChI is InChI=1S/C22H30N2O3/c1-2-5-19-16-12-17(20-8-4-9-21(26)24(19)20)14-23(13-16)22(27)11-15-6-3-7-18(25)10-15/h3,6-7,10,16-17,19-20,25H,2,4-5,8-9,11-14H2,1H3/t16-,17+,19-,20-/m0/s1. The molecule has 4 atom stereocenters. The van der Waals surface area contributed by atoms with Gasteiger partial charge in [0.25, 0.3) is 0 Å². The molecule has 0 spiro atoms. The van der Waals surface area contributed by atoms with Gasteiger partial charge in [0, 0.05) is 31.6 Å². The largest absolute Gasteiger partial charge is 0.508 e. The fraction of sp³-hybridized carbons (Fsp3) is 0.636. The van der Waals surface area contributed by atoms with Gasteiger partial charge in [-0.3, -0.25) is 9.59 Å². The van der Waals surface area contributed by atoms with Gasteiger partial charge in [-0.15, -0.1) is 0 Å². The third-order valence-electron chi connectivity index (χ3n) is 6.70. The molecular weight excluding hydrogens is 340 g/mol. The molecule has 1 aromatic carbocycles. The summed E-state index contributed by atoms with van der Waals surface area (Å²) < 4.78 is 0. The Hall–Kier alpha value is -2.04. The second-order valence-corrected chi connectivity index (χ2v) is 8.52. The minimum atomic E-state index is 0.140. The number of phenolic OH excluding ortho intramolecular Hbond substituents is 1. The maximum absolute atomic E-state index is 13.0. The summed E-state index contributed by atoms with van der Waals surface area (Å²) in [6.45, 7) is 3.71. The van der Waals surface area contributed by atoms with E-state index in [0.29, 0.717) is 42.7 Å². The zero-order valence-corrected chi connectivity index (χ0v) is 16.1. The van der Waals surface area contributed by atoms with Crippen LogP contribution >= 0.6 is 0 Å². The number of aromatic hydroxyl groups is 1. The Labute approximate surface area is 161 Å². The van der Waals surface area contributed by atoms with Crippen molar-refractivity contribution in [2.24, 2.45) is 11.8 Å². The molecular formula is C22H30N2O3. The van der Waals surface area contributed by atoms with Gasteiger partial charge in [-0.2, -0.15) is 0 Å². The van der Waals surface area contributed by atoms with Crippen molar-refractivity contribution in [1.82, 2.24) is 9.80 Å². The van der Waals surface area contributed by atoms with E-state index in [2.05, 4.69) is 11.8 Å². The molecule has 0 saturated carbocycles. The molecule has 3 saturated heterocycles. The van der Waals surface area contributed by atoms with Crippen molar-refractivity contribution in [1.29, 1.82) is 0 Å². The van der Waals surface area contributed by atoms with Crippen LogP contribution in [-0.2, 0) is 16.0 Å². The summed E-state index contributed by atoms with van der Waals surface area (Å²) in [4.78, 5) is 29.9. The summed E-state index contributed by atoms with van der Waals surface area (Å²) in [5.41, 5.74) is 0.857. The molecule has 3 heterocycles. The highest BCUT2D eigenvalue weighted by atomic mass is 16.3. The number of piperidine rings is 3. The number of benzene rings is 1. The van der Waals surface area contributed by atoms with Gasteiger partial charge in [-0.05, 0) is 55.2 Å². The lowest BCUT2D eigenvalue weighted by molar-refractivity contribution is -0.156. The second kappa shape index (κ2) is 7.53. The van der Waals surface area contributed by atoms with Crippen molar-refractivity contribution in [2.75, 3.05) is 13.1 Å². The zero-order valence-electron chi connectivity index (χ0n) is 16.1. The highest BCUT2D eigenvalue weighted by molar-refractivity contribution is 5.80. The molecule has 0 aromatic heterocycles. The predicted octanol–water partition coefficient (Wildman–Crippen LogP) is 2.96. The molecule has 27 heavy (non-hydrogen) atoms. The normalized spacial score (nSPS) is 30.2. The van der Waals surface area contributed by atoms with Crippen LogP contribution in [0.5, 0.6) is 5.75 Å². The summed E-state index contributed by atoms with van der Waals surface area (Å²) >= 11 is 0. The van der Waals surface area contributed by atoms with Gasteiger partial charge in [0.1, 0.15) is 5.75 Å². The van der Waals surface area contributed by atoms with Crippen LogP contribution in [0.2, 0.25) is 0 Å². The fourth-order valence-corrected chi connectivity index (χ4v) is 5.60. The molecule has 5 nitrogen and oxygen atoms in total. The monoisotopic (exact) mass is 370 g/mol. The third-order valence-corrected chi connectivity index (χ3v) is 6.70. The Morgan fingerprint density at radius 2 is 2.07 bits per heavy atom. The molecule has 3 fully saturated rings. The van der Waals surface area contributed by atoms with E-state index in [1.165, 1.54) is 0 Å². The summed E-state index contributed by atoms with van der Waals surface area (Å²) in [5, 5.41) is 9.65. The van der Waals surface area contributed by atoms with Gasteiger partial charge < -0.3 is 14.9 Å². The Morgan fingerprint density at radius 3 is 2.85 bits per heavy atom. The predicted molar refractivity (Wildman–Crippen MR) is 103 cm³/mol. The lowest BCUT2D eigenvalue weighted by Crippen LogP contribution is -2.65. The molecule has 0 aliphatic carbocycles. The number of likely N-dealkylation sites (tertiary alicyclic amines) is 1. The highest BCUT2D eigenvalue weighted by Crippen LogP contribution is 2.43. The van der Waals surface area contributed by atoms with E-state index in [9.17, 15) is 14.7 Å². The molecule has 1 aromatic rings. The van der Waals surface area contributed by atoms with Gasteiger partial charge in [0.2, 0.25) is 11.8 Å². The number of rotatable bonds is 4. The quantitative estimate of drug-likeness (QED) is 0.886. The first-order chi connectivity index (χ1) is 13.1.